The number of hydrogen-bond acceptors (Lipinski definition) is 2. The van der Waals surface area contributed by atoms with Gasteiger partial charge in [-0.2, -0.15) is 0 Å². The summed E-state index contributed by atoms with van der Waals surface area (Å²) in [7, 11) is 0. The molecule has 1 heterocycles. The highest BCUT2D eigenvalue weighted by Gasteiger charge is 2.35. The molecule has 59 heavy (non-hydrogen) atoms. The summed E-state index contributed by atoms with van der Waals surface area (Å²) < 4.78 is 2.67. The monoisotopic (exact) mass is 775 g/mol. The standard InChI is InChI=1S/C53H37NS.C4H8/c1-53(2)49-20-9-7-16-44(49)45-31-30-39(33-50(45)53)54(37-26-22-34(23-27-37)41-18-11-19-47-46-17-8-10-21-51(46)55-52(41)47)38-28-24-35(25-29-38)48-32-36-12-3-4-13-40(36)42-14-5-6-15-43(42)48;1-3-4-2/h3-33H,1-2H3;3H,1,4H2,2H3. The van der Waals surface area contributed by atoms with Crippen molar-refractivity contribution in [1.29, 1.82) is 0 Å². The molecule has 0 N–H and O–H groups in total. The third kappa shape index (κ3) is 6.23. The Balaban J connectivity index is 0.00000101. The SMILES string of the molecule is C=CCC.CC1(C)c2ccccc2-c2ccc(N(c3ccc(-c4cc5ccccc5c5ccccc45)cc3)c3ccc(-c4cccc5c4sc4ccccc45)cc3)cc21. The normalized spacial score (nSPS) is 12.6. The van der Waals surface area contributed by atoms with Gasteiger partial charge in [0.25, 0.3) is 0 Å². The van der Waals surface area contributed by atoms with Gasteiger partial charge in [0.05, 0.1) is 0 Å². The first-order valence-corrected chi connectivity index (χ1v) is 21.4. The highest BCUT2D eigenvalue weighted by molar-refractivity contribution is 7.26. The minimum atomic E-state index is -0.0958. The third-order valence-corrected chi connectivity index (χ3v) is 13.4. The van der Waals surface area contributed by atoms with Crippen LogP contribution in [0.1, 0.15) is 38.3 Å². The molecule has 0 atom stereocenters. The van der Waals surface area contributed by atoms with E-state index in [4.69, 9.17) is 0 Å². The minimum Gasteiger partial charge on any atom is -0.310 e. The van der Waals surface area contributed by atoms with Crippen LogP contribution in [-0.2, 0) is 5.41 Å². The Labute approximate surface area is 351 Å². The van der Waals surface area contributed by atoms with Crippen molar-refractivity contribution in [3.05, 3.63) is 212 Å². The van der Waals surface area contributed by atoms with Crippen LogP contribution >= 0.6 is 11.3 Å². The Morgan fingerprint density at radius 1 is 0.475 bits per heavy atom. The molecule has 0 radical (unpaired) electrons. The van der Waals surface area contributed by atoms with Gasteiger partial charge in [-0.1, -0.05) is 166 Å². The number of nitrogens with zero attached hydrogens (tertiary/aromatic N) is 1. The number of rotatable bonds is 6. The summed E-state index contributed by atoms with van der Waals surface area (Å²) in [5, 5.41) is 7.76. The molecule has 0 saturated carbocycles. The van der Waals surface area contributed by atoms with Crippen LogP contribution in [0.25, 0.3) is 75.1 Å². The summed E-state index contributed by atoms with van der Waals surface area (Å²) >= 11 is 1.88. The van der Waals surface area contributed by atoms with Crippen molar-refractivity contribution in [1.82, 2.24) is 0 Å². The van der Waals surface area contributed by atoms with E-state index in [1.54, 1.807) is 0 Å². The van der Waals surface area contributed by atoms with Crippen molar-refractivity contribution in [2.75, 3.05) is 4.90 Å². The van der Waals surface area contributed by atoms with Crippen molar-refractivity contribution < 1.29 is 0 Å². The molecule has 10 aromatic rings. The zero-order valence-corrected chi connectivity index (χ0v) is 34.6. The predicted octanol–water partition coefficient (Wildman–Crippen LogP) is 17.1. The van der Waals surface area contributed by atoms with Gasteiger partial charge in [0.2, 0.25) is 0 Å². The highest BCUT2D eigenvalue weighted by Crippen LogP contribution is 2.51. The summed E-state index contributed by atoms with van der Waals surface area (Å²) in [4.78, 5) is 2.42. The maximum Gasteiger partial charge on any atom is 0.0465 e. The Kier molecular flexibility index (Phi) is 9.23. The average molecular weight is 776 g/mol. The molecule has 0 amide bonds. The molecule has 1 aliphatic carbocycles. The molecule has 284 valence electrons. The van der Waals surface area contributed by atoms with E-state index in [1.807, 2.05) is 17.4 Å². The molecular weight excluding hydrogens is 731 g/mol. The van der Waals surface area contributed by atoms with Gasteiger partial charge >= 0.3 is 0 Å². The van der Waals surface area contributed by atoms with Crippen LogP contribution in [0.15, 0.2) is 201 Å². The Bertz CT molecular complexity index is 3180. The zero-order chi connectivity index (χ0) is 40.1. The predicted molar refractivity (Wildman–Crippen MR) is 258 cm³/mol. The number of anilines is 3. The van der Waals surface area contributed by atoms with Crippen LogP contribution in [0.4, 0.5) is 17.1 Å². The molecule has 11 rings (SSSR count). The van der Waals surface area contributed by atoms with E-state index in [9.17, 15) is 0 Å². The quantitative estimate of drug-likeness (QED) is 0.120. The van der Waals surface area contributed by atoms with E-state index in [-0.39, 0.29) is 5.41 Å². The van der Waals surface area contributed by atoms with Crippen LogP contribution < -0.4 is 4.90 Å². The first kappa shape index (κ1) is 36.6. The molecule has 1 aromatic heterocycles. The Morgan fingerprint density at radius 2 is 1.02 bits per heavy atom. The van der Waals surface area contributed by atoms with Crippen molar-refractivity contribution in [2.24, 2.45) is 0 Å². The van der Waals surface area contributed by atoms with E-state index < -0.39 is 0 Å². The molecule has 0 bridgehead atoms. The van der Waals surface area contributed by atoms with Gasteiger partial charge in [0, 0.05) is 42.6 Å². The van der Waals surface area contributed by atoms with Gasteiger partial charge in [-0.05, 0) is 121 Å². The van der Waals surface area contributed by atoms with Crippen LogP contribution in [0.3, 0.4) is 0 Å². The van der Waals surface area contributed by atoms with Gasteiger partial charge in [0.15, 0.2) is 0 Å². The first-order chi connectivity index (χ1) is 28.9. The maximum atomic E-state index is 3.48. The van der Waals surface area contributed by atoms with Gasteiger partial charge in [-0.15, -0.1) is 17.9 Å². The molecule has 9 aromatic carbocycles. The van der Waals surface area contributed by atoms with Crippen molar-refractivity contribution in [3.63, 3.8) is 0 Å². The summed E-state index contributed by atoms with van der Waals surface area (Å²) in [6, 6.07) is 69.6. The van der Waals surface area contributed by atoms with Gasteiger partial charge in [0.1, 0.15) is 0 Å². The Hall–Kier alpha value is -6.74. The van der Waals surface area contributed by atoms with Gasteiger partial charge in [-0.25, -0.2) is 0 Å². The molecule has 0 fully saturated rings. The summed E-state index contributed by atoms with van der Waals surface area (Å²) in [5.74, 6) is 0. The number of benzene rings is 9. The van der Waals surface area contributed by atoms with Crippen molar-refractivity contribution >= 4 is 70.1 Å². The van der Waals surface area contributed by atoms with E-state index in [0.29, 0.717) is 0 Å². The molecule has 0 saturated heterocycles. The lowest BCUT2D eigenvalue weighted by Crippen LogP contribution is -2.16. The topological polar surface area (TPSA) is 3.24 Å². The summed E-state index contributed by atoms with van der Waals surface area (Å²) in [6.07, 6.45) is 2.96. The minimum absolute atomic E-state index is 0.0958. The second-order valence-electron chi connectivity index (χ2n) is 16.0. The van der Waals surface area contributed by atoms with Crippen LogP contribution in [0, 0.1) is 0 Å². The van der Waals surface area contributed by atoms with E-state index in [0.717, 1.165) is 23.5 Å². The van der Waals surface area contributed by atoms with Crippen molar-refractivity contribution in [2.45, 2.75) is 32.6 Å². The highest BCUT2D eigenvalue weighted by atomic mass is 32.1. The molecule has 0 unspecified atom stereocenters. The maximum absolute atomic E-state index is 3.48. The van der Waals surface area contributed by atoms with Crippen LogP contribution in [0.5, 0.6) is 0 Å². The third-order valence-electron chi connectivity index (χ3n) is 12.2. The van der Waals surface area contributed by atoms with E-state index >= 15 is 0 Å². The largest absolute Gasteiger partial charge is 0.310 e. The van der Waals surface area contributed by atoms with Gasteiger partial charge in [-0.3, -0.25) is 0 Å². The average Bonchev–Trinajstić information content (AvgIpc) is 3.79. The second-order valence-corrected chi connectivity index (χ2v) is 17.1. The lowest BCUT2D eigenvalue weighted by Gasteiger charge is -2.28. The fourth-order valence-corrected chi connectivity index (χ4v) is 10.4. The van der Waals surface area contributed by atoms with Gasteiger partial charge < -0.3 is 4.90 Å². The van der Waals surface area contributed by atoms with E-state index in [2.05, 4.69) is 220 Å². The molecule has 0 spiro atoms. The molecule has 0 aliphatic heterocycles. The molecular formula is C57H45NS. The lowest BCUT2D eigenvalue weighted by atomic mass is 9.82. The summed E-state index contributed by atoms with van der Waals surface area (Å²) in [6.45, 7) is 10.3. The summed E-state index contributed by atoms with van der Waals surface area (Å²) in [5.41, 5.74) is 13.7. The number of thiophene rings is 1. The fourth-order valence-electron chi connectivity index (χ4n) is 9.13. The molecule has 1 nitrogen and oxygen atoms in total. The Morgan fingerprint density at radius 3 is 1.75 bits per heavy atom. The zero-order valence-electron chi connectivity index (χ0n) is 33.7. The number of hydrogen-bond donors (Lipinski definition) is 0. The second kappa shape index (κ2) is 14.9. The molecule has 2 heteroatoms. The number of fused-ring (bicyclic) bond motifs is 9. The van der Waals surface area contributed by atoms with Crippen LogP contribution in [0.2, 0.25) is 0 Å². The van der Waals surface area contributed by atoms with E-state index in [1.165, 1.54) is 86.2 Å². The lowest BCUT2D eigenvalue weighted by molar-refractivity contribution is 0.660. The molecule has 1 aliphatic rings. The van der Waals surface area contributed by atoms with Crippen molar-refractivity contribution in [3.8, 4) is 33.4 Å². The number of allylic oxidation sites excluding steroid dienone is 1. The fraction of sp³-hybridized carbons (Fsp3) is 0.0877. The van der Waals surface area contributed by atoms with Crippen LogP contribution in [-0.4, -0.2) is 0 Å². The first-order valence-electron chi connectivity index (χ1n) is 20.6. The smallest absolute Gasteiger partial charge is 0.0465 e.